The molecule has 0 amide bonds. The summed E-state index contributed by atoms with van der Waals surface area (Å²) in [4.78, 5) is 10.7. The molecule has 0 aromatic heterocycles. The SMILES string of the molecule is O=C(O)c1cc(F)ccc1OCCS. The third kappa shape index (κ3) is 2.63. The summed E-state index contributed by atoms with van der Waals surface area (Å²) >= 11 is 3.91. The van der Waals surface area contributed by atoms with Crippen molar-refractivity contribution in [2.45, 2.75) is 0 Å². The number of aromatic carboxylic acids is 1. The second kappa shape index (κ2) is 4.85. The van der Waals surface area contributed by atoms with Crippen molar-refractivity contribution < 1.29 is 19.0 Å². The second-order valence-electron chi connectivity index (χ2n) is 2.52. The van der Waals surface area contributed by atoms with Crippen molar-refractivity contribution >= 4 is 18.6 Å². The largest absolute Gasteiger partial charge is 0.492 e. The van der Waals surface area contributed by atoms with E-state index >= 15 is 0 Å². The summed E-state index contributed by atoms with van der Waals surface area (Å²) < 4.78 is 17.8. The molecule has 1 aromatic carbocycles. The number of benzene rings is 1. The molecular weight excluding hydrogens is 207 g/mol. The van der Waals surface area contributed by atoms with Crippen LogP contribution in [0.5, 0.6) is 5.75 Å². The Bertz CT molecular complexity index is 341. The van der Waals surface area contributed by atoms with Gasteiger partial charge < -0.3 is 9.84 Å². The third-order valence-corrected chi connectivity index (χ3v) is 1.70. The maximum absolute atomic E-state index is 12.7. The Morgan fingerprint density at radius 2 is 2.29 bits per heavy atom. The van der Waals surface area contributed by atoms with E-state index in [-0.39, 0.29) is 17.9 Å². The van der Waals surface area contributed by atoms with Crippen LogP contribution in [0.2, 0.25) is 0 Å². The van der Waals surface area contributed by atoms with E-state index in [2.05, 4.69) is 12.6 Å². The van der Waals surface area contributed by atoms with E-state index in [0.717, 1.165) is 12.1 Å². The van der Waals surface area contributed by atoms with E-state index in [1.54, 1.807) is 0 Å². The number of rotatable bonds is 4. The van der Waals surface area contributed by atoms with Crippen LogP contribution in [-0.2, 0) is 0 Å². The number of hydrogen-bond acceptors (Lipinski definition) is 3. The maximum Gasteiger partial charge on any atom is 0.339 e. The lowest BCUT2D eigenvalue weighted by molar-refractivity contribution is 0.0692. The molecule has 0 spiro atoms. The molecule has 0 saturated heterocycles. The van der Waals surface area contributed by atoms with Gasteiger partial charge in [0.05, 0.1) is 6.61 Å². The van der Waals surface area contributed by atoms with Gasteiger partial charge in [-0.2, -0.15) is 12.6 Å². The van der Waals surface area contributed by atoms with Crippen molar-refractivity contribution in [1.82, 2.24) is 0 Å². The van der Waals surface area contributed by atoms with Crippen molar-refractivity contribution in [3.05, 3.63) is 29.6 Å². The molecule has 0 aliphatic carbocycles. The molecule has 0 saturated carbocycles. The monoisotopic (exact) mass is 216 g/mol. The summed E-state index contributed by atoms with van der Waals surface area (Å²) in [5.41, 5.74) is -0.174. The zero-order chi connectivity index (χ0) is 10.6. The fourth-order valence-corrected chi connectivity index (χ4v) is 1.04. The molecule has 3 nitrogen and oxygen atoms in total. The smallest absolute Gasteiger partial charge is 0.339 e. The fraction of sp³-hybridized carbons (Fsp3) is 0.222. The minimum absolute atomic E-state index is 0.160. The summed E-state index contributed by atoms with van der Waals surface area (Å²) in [5.74, 6) is -1.18. The number of halogens is 1. The predicted molar refractivity (Wildman–Crippen MR) is 52.7 cm³/mol. The lowest BCUT2D eigenvalue weighted by Gasteiger charge is -2.07. The minimum atomic E-state index is -1.21. The van der Waals surface area contributed by atoms with Crippen LogP contribution in [-0.4, -0.2) is 23.4 Å². The Balaban J connectivity index is 2.96. The Kier molecular flexibility index (Phi) is 3.76. The number of thiol groups is 1. The molecule has 1 N–H and O–H groups in total. The van der Waals surface area contributed by atoms with Gasteiger partial charge in [-0.15, -0.1) is 0 Å². The Morgan fingerprint density at radius 1 is 1.57 bits per heavy atom. The van der Waals surface area contributed by atoms with Crippen LogP contribution in [0, 0.1) is 5.82 Å². The Morgan fingerprint density at radius 3 is 2.86 bits per heavy atom. The highest BCUT2D eigenvalue weighted by molar-refractivity contribution is 7.80. The molecule has 76 valence electrons. The first-order chi connectivity index (χ1) is 6.65. The van der Waals surface area contributed by atoms with Crippen molar-refractivity contribution in [3.63, 3.8) is 0 Å². The summed E-state index contributed by atoms with van der Waals surface area (Å²) in [7, 11) is 0. The van der Waals surface area contributed by atoms with Crippen LogP contribution >= 0.6 is 12.6 Å². The van der Waals surface area contributed by atoms with E-state index in [9.17, 15) is 9.18 Å². The zero-order valence-corrected chi connectivity index (χ0v) is 8.13. The van der Waals surface area contributed by atoms with Gasteiger partial charge in [0, 0.05) is 5.75 Å². The summed E-state index contributed by atoms with van der Waals surface area (Å²) in [6.07, 6.45) is 0. The van der Waals surface area contributed by atoms with Gasteiger partial charge in [-0.1, -0.05) is 0 Å². The van der Waals surface area contributed by atoms with E-state index in [0.29, 0.717) is 5.75 Å². The summed E-state index contributed by atoms with van der Waals surface area (Å²) in [6.45, 7) is 0.287. The zero-order valence-electron chi connectivity index (χ0n) is 7.24. The standard InChI is InChI=1S/C9H9FO3S/c10-6-1-2-8(13-3-4-14)7(5-6)9(11)12/h1-2,5,14H,3-4H2,(H,11,12). The highest BCUT2D eigenvalue weighted by Crippen LogP contribution is 2.19. The molecule has 1 rings (SSSR count). The molecular formula is C9H9FO3S. The first kappa shape index (κ1) is 10.8. The van der Waals surface area contributed by atoms with Gasteiger partial charge >= 0.3 is 5.97 Å². The van der Waals surface area contributed by atoms with Gasteiger partial charge in [-0.3, -0.25) is 0 Å². The molecule has 0 unspecified atom stereocenters. The second-order valence-corrected chi connectivity index (χ2v) is 2.96. The maximum atomic E-state index is 12.7. The fourth-order valence-electron chi connectivity index (χ4n) is 0.951. The van der Waals surface area contributed by atoms with Crippen LogP contribution < -0.4 is 4.74 Å². The molecule has 0 aliphatic rings. The van der Waals surface area contributed by atoms with Gasteiger partial charge in [0.25, 0.3) is 0 Å². The molecule has 14 heavy (non-hydrogen) atoms. The minimum Gasteiger partial charge on any atom is -0.492 e. The average Bonchev–Trinajstić information content (AvgIpc) is 2.15. The highest BCUT2D eigenvalue weighted by Gasteiger charge is 2.11. The number of carbonyl (C=O) groups is 1. The molecule has 1 aromatic rings. The highest BCUT2D eigenvalue weighted by atomic mass is 32.1. The first-order valence-electron chi connectivity index (χ1n) is 3.91. The van der Waals surface area contributed by atoms with E-state index < -0.39 is 11.8 Å². The normalized spacial score (nSPS) is 9.86. The number of hydrogen-bond donors (Lipinski definition) is 2. The third-order valence-electron chi connectivity index (χ3n) is 1.52. The molecule has 0 fully saturated rings. The lowest BCUT2D eigenvalue weighted by atomic mass is 10.2. The number of carboxylic acids is 1. The van der Waals surface area contributed by atoms with Crippen LogP contribution in [0.4, 0.5) is 4.39 Å². The molecule has 0 heterocycles. The molecule has 0 radical (unpaired) electrons. The van der Waals surface area contributed by atoms with E-state index in [1.807, 2.05) is 0 Å². The van der Waals surface area contributed by atoms with Crippen LogP contribution in [0.15, 0.2) is 18.2 Å². The molecule has 0 atom stereocenters. The van der Waals surface area contributed by atoms with E-state index in [1.165, 1.54) is 6.07 Å². The van der Waals surface area contributed by atoms with Crippen molar-refractivity contribution in [1.29, 1.82) is 0 Å². The topological polar surface area (TPSA) is 46.5 Å². The molecule has 0 aliphatic heterocycles. The lowest BCUT2D eigenvalue weighted by Crippen LogP contribution is -2.05. The van der Waals surface area contributed by atoms with Crippen molar-refractivity contribution in [2.24, 2.45) is 0 Å². The number of carboxylic acid groups (broad SMARTS) is 1. The first-order valence-corrected chi connectivity index (χ1v) is 4.55. The van der Waals surface area contributed by atoms with Gasteiger partial charge in [0.2, 0.25) is 0 Å². The average molecular weight is 216 g/mol. The summed E-state index contributed by atoms with van der Waals surface area (Å²) in [6, 6.07) is 3.37. The number of ether oxygens (including phenoxy) is 1. The Labute approximate surface area is 85.9 Å². The van der Waals surface area contributed by atoms with Gasteiger partial charge in [-0.05, 0) is 18.2 Å². The van der Waals surface area contributed by atoms with Crippen LogP contribution in [0.3, 0.4) is 0 Å². The van der Waals surface area contributed by atoms with Crippen LogP contribution in [0.25, 0.3) is 0 Å². The molecule has 0 bridgehead atoms. The Hall–Kier alpha value is -1.23. The quantitative estimate of drug-likeness (QED) is 0.755. The van der Waals surface area contributed by atoms with Crippen molar-refractivity contribution in [3.8, 4) is 5.75 Å². The van der Waals surface area contributed by atoms with Crippen LogP contribution in [0.1, 0.15) is 10.4 Å². The molecule has 5 heteroatoms. The van der Waals surface area contributed by atoms with Gasteiger partial charge in [-0.25, -0.2) is 9.18 Å². The van der Waals surface area contributed by atoms with Gasteiger partial charge in [0.15, 0.2) is 0 Å². The van der Waals surface area contributed by atoms with E-state index in [4.69, 9.17) is 9.84 Å². The van der Waals surface area contributed by atoms with Gasteiger partial charge in [0.1, 0.15) is 17.1 Å². The summed E-state index contributed by atoms with van der Waals surface area (Å²) in [5, 5.41) is 8.72. The predicted octanol–water partition coefficient (Wildman–Crippen LogP) is 1.83. The van der Waals surface area contributed by atoms with Crippen molar-refractivity contribution in [2.75, 3.05) is 12.4 Å².